The smallest absolute Gasteiger partial charge is 0.405 e. The highest BCUT2D eigenvalue weighted by Gasteiger charge is 2.04. The molecule has 0 saturated carbocycles. The van der Waals surface area contributed by atoms with Crippen LogP contribution in [0.5, 0.6) is 6.08 Å². The molecule has 12 heavy (non-hydrogen) atoms. The van der Waals surface area contributed by atoms with Crippen molar-refractivity contribution in [1.29, 1.82) is 0 Å². The van der Waals surface area contributed by atoms with Crippen LogP contribution in [0.1, 0.15) is 0 Å². The van der Waals surface area contributed by atoms with E-state index in [0.717, 1.165) is 0 Å². The molecule has 0 N–H and O–H groups in total. The van der Waals surface area contributed by atoms with Crippen molar-refractivity contribution in [2.45, 2.75) is 0 Å². The van der Waals surface area contributed by atoms with Crippen molar-refractivity contribution < 1.29 is 13.5 Å². The van der Waals surface area contributed by atoms with E-state index in [0.29, 0.717) is 11.1 Å². The molecule has 1 aromatic heterocycles. The molecule has 60 valence electrons. The minimum atomic E-state index is -0.461. The highest BCUT2D eigenvalue weighted by molar-refractivity contribution is 7.17. The van der Waals surface area contributed by atoms with Crippen molar-refractivity contribution in [3.05, 3.63) is 24.3 Å². The number of hydrogen-bond donors (Lipinski definition) is 0. The van der Waals surface area contributed by atoms with Gasteiger partial charge in [-0.05, 0) is 12.1 Å². The summed E-state index contributed by atoms with van der Waals surface area (Å²) in [5, 5.41) is 0. The van der Waals surface area contributed by atoms with Crippen LogP contribution in [0.4, 0.5) is 0 Å². The van der Waals surface area contributed by atoms with E-state index in [9.17, 15) is 4.57 Å². The van der Waals surface area contributed by atoms with E-state index in [2.05, 4.69) is 9.51 Å². The van der Waals surface area contributed by atoms with E-state index in [1.807, 2.05) is 12.1 Å². The van der Waals surface area contributed by atoms with Gasteiger partial charge in [0.1, 0.15) is 5.52 Å². The molecule has 0 unspecified atom stereocenters. The van der Waals surface area contributed by atoms with Gasteiger partial charge in [0.2, 0.25) is 0 Å². The van der Waals surface area contributed by atoms with Crippen molar-refractivity contribution >= 4 is 19.8 Å². The van der Waals surface area contributed by atoms with Crippen LogP contribution in [0.3, 0.4) is 0 Å². The Balaban J connectivity index is 2.54. The van der Waals surface area contributed by atoms with Crippen LogP contribution in [0.2, 0.25) is 0 Å². The molecular formula is C7H4NO3P. The maximum absolute atomic E-state index is 10.0. The molecule has 0 spiro atoms. The van der Waals surface area contributed by atoms with E-state index in [-0.39, 0.29) is 6.08 Å². The molecule has 2 aromatic rings. The Labute approximate surface area is 69.4 Å². The van der Waals surface area contributed by atoms with Gasteiger partial charge >= 0.3 is 14.8 Å². The van der Waals surface area contributed by atoms with Crippen LogP contribution in [0.25, 0.3) is 11.1 Å². The summed E-state index contributed by atoms with van der Waals surface area (Å²) in [5.74, 6) is 0. The van der Waals surface area contributed by atoms with Crippen LogP contribution in [-0.2, 0) is 4.57 Å². The van der Waals surface area contributed by atoms with Crippen LogP contribution >= 0.6 is 8.69 Å². The van der Waals surface area contributed by atoms with E-state index >= 15 is 0 Å². The summed E-state index contributed by atoms with van der Waals surface area (Å²) in [6.07, 6.45) is 0.0212. The third-order valence-electron chi connectivity index (χ3n) is 1.39. The Morgan fingerprint density at radius 3 is 3.00 bits per heavy atom. The molecule has 0 bridgehead atoms. The summed E-state index contributed by atoms with van der Waals surface area (Å²) in [4.78, 5) is 3.91. The molecule has 0 amide bonds. The predicted octanol–water partition coefficient (Wildman–Crippen LogP) is 2.41. The second kappa shape index (κ2) is 2.91. The summed E-state index contributed by atoms with van der Waals surface area (Å²) < 4.78 is 19.6. The number of benzene rings is 1. The number of fused-ring (bicyclic) bond motifs is 1. The zero-order chi connectivity index (χ0) is 8.39. The second-order valence-corrected chi connectivity index (χ2v) is 2.44. The Morgan fingerprint density at radius 1 is 1.42 bits per heavy atom. The number of oxazole rings is 1. The first-order valence-corrected chi connectivity index (χ1v) is 3.98. The first-order valence-electron chi connectivity index (χ1n) is 3.25. The van der Waals surface area contributed by atoms with Gasteiger partial charge in [-0.2, -0.15) is 4.98 Å². The van der Waals surface area contributed by atoms with Crippen LogP contribution in [0.15, 0.2) is 28.7 Å². The van der Waals surface area contributed by atoms with E-state index < -0.39 is 8.69 Å². The fourth-order valence-corrected chi connectivity index (χ4v) is 1.06. The predicted molar refractivity (Wildman–Crippen MR) is 42.2 cm³/mol. The van der Waals surface area contributed by atoms with Gasteiger partial charge in [0.05, 0.1) is 0 Å². The van der Waals surface area contributed by atoms with E-state index in [1.165, 1.54) is 0 Å². The van der Waals surface area contributed by atoms with Crippen molar-refractivity contribution in [2.75, 3.05) is 0 Å². The van der Waals surface area contributed by atoms with Gasteiger partial charge < -0.3 is 8.94 Å². The van der Waals surface area contributed by atoms with Gasteiger partial charge in [-0.25, -0.2) is 4.57 Å². The van der Waals surface area contributed by atoms with Gasteiger partial charge in [0, 0.05) is 0 Å². The Bertz CT molecular complexity index is 379. The highest BCUT2D eigenvalue weighted by Crippen LogP contribution is 2.21. The lowest BCUT2D eigenvalue weighted by molar-refractivity contribution is 0.402. The van der Waals surface area contributed by atoms with E-state index in [1.54, 1.807) is 12.1 Å². The molecule has 2 rings (SSSR count). The lowest BCUT2D eigenvalue weighted by Crippen LogP contribution is -1.71. The Morgan fingerprint density at radius 2 is 2.25 bits per heavy atom. The molecule has 4 nitrogen and oxygen atoms in total. The third kappa shape index (κ3) is 1.17. The molecule has 0 saturated heterocycles. The third-order valence-corrected chi connectivity index (χ3v) is 1.62. The summed E-state index contributed by atoms with van der Waals surface area (Å²) >= 11 is 0. The Hall–Kier alpha value is -1.41. The van der Waals surface area contributed by atoms with Gasteiger partial charge in [-0.1, -0.05) is 12.1 Å². The molecular weight excluding hydrogens is 177 g/mol. The lowest BCUT2D eigenvalue weighted by Gasteiger charge is -1.81. The second-order valence-electron chi connectivity index (χ2n) is 2.11. The molecule has 1 heterocycles. The quantitative estimate of drug-likeness (QED) is 0.667. The lowest BCUT2D eigenvalue weighted by atomic mass is 10.3. The zero-order valence-electron chi connectivity index (χ0n) is 5.93. The van der Waals surface area contributed by atoms with Crippen molar-refractivity contribution in [2.24, 2.45) is 0 Å². The monoisotopic (exact) mass is 181 g/mol. The first-order chi connectivity index (χ1) is 5.90. The molecule has 0 atom stereocenters. The molecule has 0 fully saturated rings. The fraction of sp³-hybridized carbons (Fsp3) is 0. The SMILES string of the molecule is O=POc1nc2ccccc2o1. The summed E-state index contributed by atoms with van der Waals surface area (Å²) in [6.45, 7) is 0. The van der Waals surface area contributed by atoms with Crippen LogP contribution in [-0.4, -0.2) is 4.98 Å². The average Bonchev–Trinajstić information content (AvgIpc) is 2.47. The van der Waals surface area contributed by atoms with E-state index in [4.69, 9.17) is 4.42 Å². The van der Waals surface area contributed by atoms with Crippen LogP contribution < -0.4 is 4.52 Å². The number of rotatable bonds is 2. The number of hydrogen-bond acceptors (Lipinski definition) is 4. The van der Waals surface area contributed by atoms with Crippen LogP contribution in [0, 0.1) is 0 Å². The van der Waals surface area contributed by atoms with Crippen molar-refractivity contribution in [3.8, 4) is 6.08 Å². The maximum atomic E-state index is 10.0. The zero-order valence-corrected chi connectivity index (χ0v) is 6.82. The minimum absolute atomic E-state index is 0.0212. The number of para-hydroxylation sites is 2. The minimum Gasteiger partial charge on any atom is -0.408 e. The number of aromatic nitrogens is 1. The van der Waals surface area contributed by atoms with Gasteiger partial charge in [-0.3, -0.25) is 0 Å². The largest absolute Gasteiger partial charge is 0.408 e. The Kier molecular flexibility index (Phi) is 1.76. The molecule has 0 aliphatic carbocycles. The topological polar surface area (TPSA) is 52.3 Å². The van der Waals surface area contributed by atoms with Crippen molar-refractivity contribution in [3.63, 3.8) is 0 Å². The first kappa shape index (κ1) is 7.25. The standard InChI is InChI=1S/C7H4NO3P/c9-12-11-7-8-5-3-1-2-4-6(5)10-7/h1-4H. The molecule has 1 aromatic carbocycles. The van der Waals surface area contributed by atoms with Gasteiger partial charge in [0.15, 0.2) is 5.58 Å². The normalized spacial score (nSPS) is 10.7. The van der Waals surface area contributed by atoms with Crippen molar-refractivity contribution in [1.82, 2.24) is 4.98 Å². The molecule has 0 aliphatic rings. The number of nitrogens with zero attached hydrogens (tertiary/aromatic N) is 1. The molecule has 0 radical (unpaired) electrons. The summed E-state index contributed by atoms with van der Waals surface area (Å²) in [5.41, 5.74) is 1.31. The fourth-order valence-electron chi connectivity index (χ4n) is 0.922. The molecule has 5 heteroatoms. The summed E-state index contributed by atoms with van der Waals surface area (Å²) in [6, 6.07) is 7.21. The van der Waals surface area contributed by atoms with Gasteiger partial charge in [-0.15, -0.1) is 0 Å². The maximum Gasteiger partial charge on any atom is 0.405 e. The summed E-state index contributed by atoms with van der Waals surface area (Å²) in [7, 11) is -0.461. The highest BCUT2D eigenvalue weighted by atomic mass is 31.1. The molecule has 0 aliphatic heterocycles. The van der Waals surface area contributed by atoms with Gasteiger partial charge in [0.25, 0.3) is 0 Å². The average molecular weight is 181 g/mol.